The molecule has 1 saturated heterocycles. The van der Waals surface area contributed by atoms with Crippen LogP contribution >= 0.6 is 0 Å². The quantitative estimate of drug-likeness (QED) is 0.685. The van der Waals surface area contributed by atoms with Gasteiger partial charge < -0.3 is 14.5 Å². The fraction of sp³-hybridized carbons (Fsp3) is 0.833. The number of nitrogens with zero attached hydrogens (tertiary/aromatic N) is 3. The van der Waals surface area contributed by atoms with Gasteiger partial charge in [0, 0.05) is 46.7 Å². The first-order chi connectivity index (χ1) is 9.77. The van der Waals surface area contributed by atoms with Crippen LogP contribution in [0.15, 0.2) is 0 Å². The first-order valence-electron chi connectivity index (χ1n) is 6.87. The molecule has 1 fully saturated rings. The molecule has 0 unspecified atom stereocenters. The molecule has 1 aliphatic heterocycles. The summed E-state index contributed by atoms with van der Waals surface area (Å²) in [7, 11) is -0.477. The molecule has 0 atom stereocenters. The maximum absolute atomic E-state index is 12.0. The summed E-state index contributed by atoms with van der Waals surface area (Å²) in [5.41, 5.74) is 0. The van der Waals surface area contributed by atoms with E-state index in [2.05, 4.69) is 0 Å². The largest absolute Gasteiger partial charge is 0.450 e. The van der Waals surface area contributed by atoms with E-state index in [-0.39, 0.29) is 24.2 Å². The highest BCUT2D eigenvalue weighted by atomic mass is 32.2. The number of ether oxygens (including phenoxy) is 1. The van der Waals surface area contributed by atoms with Gasteiger partial charge in [-0.2, -0.15) is 0 Å². The van der Waals surface area contributed by atoms with Gasteiger partial charge in [-0.05, 0) is 6.92 Å². The normalized spacial score (nSPS) is 16.2. The minimum atomic E-state index is -3.36. The molecule has 9 heteroatoms. The zero-order valence-corrected chi connectivity index (χ0v) is 13.6. The predicted octanol–water partition coefficient (Wildman–Crippen LogP) is -0.431. The Morgan fingerprint density at radius 2 is 1.62 bits per heavy atom. The van der Waals surface area contributed by atoms with E-state index >= 15 is 0 Å². The van der Waals surface area contributed by atoms with Gasteiger partial charge in [0.2, 0.25) is 15.9 Å². The summed E-state index contributed by atoms with van der Waals surface area (Å²) in [6, 6.07) is 0. The molecule has 1 aliphatic rings. The van der Waals surface area contributed by atoms with Crippen molar-refractivity contribution in [2.45, 2.75) is 13.3 Å². The number of carbonyl (C=O) groups is 2. The summed E-state index contributed by atoms with van der Waals surface area (Å²) in [6.07, 6.45) is -0.417. The van der Waals surface area contributed by atoms with E-state index in [1.165, 1.54) is 14.1 Å². The molecule has 0 spiro atoms. The second-order valence-corrected chi connectivity index (χ2v) is 7.22. The lowest BCUT2D eigenvalue weighted by Gasteiger charge is -2.34. The van der Waals surface area contributed by atoms with Gasteiger partial charge in [-0.1, -0.05) is 0 Å². The van der Waals surface area contributed by atoms with E-state index in [1.807, 2.05) is 0 Å². The van der Waals surface area contributed by atoms with E-state index < -0.39 is 10.0 Å². The van der Waals surface area contributed by atoms with Crippen molar-refractivity contribution in [1.82, 2.24) is 14.1 Å². The van der Waals surface area contributed by atoms with Gasteiger partial charge in [0.25, 0.3) is 0 Å². The molecule has 0 saturated carbocycles. The summed E-state index contributed by atoms with van der Waals surface area (Å²) in [5.74, 6) is -0.402. The van der Waals surface area contributed by atoms with Crippen molar-refractivity contribution >= 4 is 22.0 Å². The van der Waals surface area contributed by atoms with Gasteiger partial charge in [0.05, 0.1) is 12.4 Å². The fourth-order valence-electron chi connectivity index (χ4n) is 1.91. The van der Waals surface area contributed by atoms with Crippen LogP contribution in [0, 0.1) is 0 Å². The Labute approximate surface area is 125 Å². The van der Waals surface area contributed by atoms with Gasteiger partial charge in [-0.3, -0.25) is 4.79 Å². The van der Waals surface area contributed by atoms with Crippen molar-refractivity contribution in [3.8, 4) is 0 Å². The molecule has 0 bridgehead atoms. The molecule has 0 N–H and O–H groups in total. The SMILES string of the molecule is CCOC(=O)N1CCN(C(=O)CCS(=O)(=O)N(C)C)CC1. The molecule has 21 heavy (non-hydrogen) atoms. The lowest BCUT2D eigenvalue weighted by Crippen LogP contribution is -2.51. The van der Waals surface area contributed by atoms with E-state index in [4.69, 9.17) is 4.74 Å². The molecule has 2 amide bonds. The van der Waals surface area contributed by atoms with Gasteiger partial charge in [0.1, 0.15) is 0 Å². The van der Waals surface area contributed by atoms with E-state index in [1.54, 1.807) is 16.7 Å². The summed E-state index contributed by atoms with van der Waals surface area (Å²) < 4.78 is 29.2. The molecule has 122 valence electrons. The van der Waals surface area contributed by atoms with Gasteiger partial charge >= 0.3 is 6.09 Å². The van der Waals surface area contributed by atoms with Crippen molar-refractivity contribution in [3.63, 3.8) is 0 Å². The Morgan fingerprint density at radius 3 is 2.10 bits per heavy atom. The lowest BCUT2D eigenvalue weighted by molar-refractivity contribution is -0.132. The van der Waals surface area contributed by atoms with Crippen LogP contribution < -0.4 is 0 Å². The highest BCUT2D eigenvalue weighted by molar-refractivity contribution is 7.89. The third kappa shape index (κ3) is 5.16. The topological polar surface area (TPSA) is 87.2 Å². The summed E-state index contributed by atoms with van der Waals surface area (Å²) in [4.78, 5) is 26.6. The highest BCUT2D eigenvalue weighted by Crippen LogP contribution is 2.07. The molecule has 0 radical (unpaired) electrons. The Kier molecular flexibility index (Phi) is 6.41. The van der Waals surface area contributed by atoms with E-state index in [0.717, 1.165) is 4.31 Å². The Bertz CT molecular complexity index is 469. The van der Waals surface area contributed by atoms with Gasteiger partial charge in [-0.15, -0.1) is 0 Å². The smallest absolute Gasteiger partial charge is 0.409 e. The molecule has 8 nitrogen and oxygen atoms in total. The number of hydrogen-bond acceptors (Lipinski definition) is 5. The average molecular weight is 321 g/mol. The Morgan fingerprint density at radius 1 is 1.10 bits per heavy atom. The van der Waals surface area contributed by atoms with E-state index in [9.17, 15) is 18.0 Å². The molecule has 0 aromatic rings. The number of hydrogen-bond donors (Lipinski definition) is 0. The molecular formula is C12H23N3O5S. The zero-order valence-electron chi connectivity index (χ0n) is 12.7. The number of amides is 2. The summed E-state index contributed by atoms with van der Waals surface area (Å²) in [5, 5.41) is 0. The zero-order chi connectivity index (χ0) is 16.0. The molecule has 0 aliphatic carbocycles. The monoisotopic (exact) mass is 321 g/mol. The van der Waals surface area contributed by atoms with E-state index in [0.29, 0.717) is 32.8 Å². The van der Waals surface area contributed by atoms with Crippen molar-refractivity contribution in [2.75, 3.05) is 52.6 Å². The highest BCUT2D eigenvalue weighted by Gasteiger charge is 2.26. The van der Waals surface area contributed by atoms with Crippen LogP contribution in [0.25, 0.3) is 0 Å². The number of carbonyl (C=O) groups excluding carboxylic acids is 2. The van der Waals surface area contributed by atoms with Crippen molar-refractivity contribution in [3.05, 3.63) is 0 Å². The number of rotatable bonds is 5. The maximum atomic E-state index is 12.0. The second kappa shape index (κ2) is 7.60. The lowest BCUT2D eigenvalue weighted by atomic mass is 10.3. The van der Waals surface area contributed by atoms with Crippen LogP contribution in [0.3, 0.4) is 0 Å². The minimum Gasteiger partial charge on any atom is -0.450 e. The van der Waals surface area contributed by atoms with Crippen molar-refractivity contribution < 1.29 is 22.7 Å². The molecule has 0 aromatic heterocycles. The van der Waals surface area contributed by atoms with Crippen LogP contribution in [-0.4, -0.2) is 87.2 Å². The Hall–Kier alpha value is -1.35. The van der Waals surface area contributed by atoms with Gasteiger partial charge in [-0.25, -0.2) is 17.5 Å². The third-order valence-electron chi connectivity index (χ3n) is 3.29. The molecular weight excluding hydrogens is 298 g/mol. The Balaban J connectivity index is 2.41. The molecule has 1 heterocycles. The maximum Gasteiger partial charge on any atom is 0.409 e. The van der Waals surface area contributed by atoms with Crippen LogP contribution in [-0.2, 0) is 19.6 Å². The number of piperazine rings is 1. The summed E-state index contributed by atoms with van der Waals surface area (Å²) in [6.45, 7) is 3.68. The van der Waals surface area contributed by atoms with Crippen molar-refractivity contribution in [2.24, 2.45) is 0 Å². The first kappa shape index (κ1) is 17.7. The van der Waals surface area contributed by atoms with Crippen LogP contribution in [0.4, 0.5) is 4.79 Å². The molecule has 1 rings (SSSR count). The van der Waals surface area contributed by atoms with Crippen LogP contribution in [0.1, 0.15) is 13.3 Å². The number of sulfonamides is 1. The van der Waals surface area contributed by atoms with Crippen molar-refractivity contribution in [1.29, 1.82) is 0 Å². The van der Waals surface area contributed by atoms with Crippen LogP contribution in [0.5, 0.6) is 0 Å². The first-order valence-corrected chi connectivity index (χ1v) is 8.48. The minimum absolute atomic E-state index is 0.0417. The third-order valence-corrected chi connectivity index (χ3v) is 5.12. The summed E-state index contributed by atoms with van der Waals surface area (Å²) >= 11 is 0. The molecule has 0 aromatic carbocycles. The predicted molar refractivity (Wildman–Crippen MR) is 77.3 cm³/mol. The average Bonchev–Trinajstić information content (AvgIpc) is 2.45. The standard InChI is InChI=1S/C12H23N3O5S/c1-4-20-12(17)15-8-6-14(7-9-15)11(16)5-10-21(18,19)13(2)3/h4-10H2,1-3H3. The second-order valence-electron chi connectivity index (χ2n) is 4.92. The fourth-order valence-corrected chi connectivity index (χ4v) is 2.71. The van der Waals surface area contributed by atoms with Crippen LogP contribution in [0.2, 0.25) is 0 Å². The van der Waals surface area contributed by atoms with Gasteiger partial charge in [0.15, 0.2) is 0 Å².